The molecule has 0 saturated carbocycles. The SMILES string of the molecule is CCc1ncncc1C(=O)N1CCOC(c2nc(C(C)(C)C)n[nH]2)C1. The Hall–Kier alpha value is -2.35. The van der Waals surface area contributed by atoms with Crippen LogP contribution in [0.25, 0.3) is 0 Å². The van der Waals surface area contributed by atoms with Gasteiger partial charge in [-0.1, -0.05) is 27.7 Å². The fourth-order valence-corrected chi connectivity index (χ4v) is 2.74. The summed E-state index contributed by atoms with van der Waals surface area (Å²) in [5.41, 5.74) is 1.17. The van der Waals surface area contributed by atoms with Crippen LogP contribution < -0.4 is 0 Å². The third-order valence-electron chi connectivity index (χ3n) is 4.19. The Morgan fingerprint density at radius 3 is 2.92 bits per heavy atom. The molecule has 134 valence electrons. The van der Waals surface area contributed by atoms with Crippen LogP contribution in [0, 0.1) is 0 Å². The van der Waals surface area contributed by atoms with Crippen molar-refractivity contribution >= 4 is 5.91 Å². The second-order valence-electron chi connectivity index (χ2n) is 7.14. The Morgan fingerprint density at radius 2 is 2.24 bits per heavy atom. The van der Waals surface area contributed by atoms with Crippen LogP contribution in [0.1, 0.15) is 61.5 Å². The molecule has 0 radical (unpaired) electrons. The van der Waals surface area contributed by atoms with Gasteiger partial charge in [0, 0.05) is 18.2 Å². The van der Waals surface area contributed by atoms with E-state index in [1.54, 1.807) is 11.1 Å². The molecule has 0 aromatic carbocycles. The first-order valence-electron chi connectivity index (χ1n) is 8.52. The Balaban J connectivity index is 1.77. The van der Waals surface area contributed by atoms with E-state index < -0.39 is 0 Å². The second kappa shape index (κ2) is 6.87. The molecule has 0 aliphatic carbocycles. The molecule has 8 heteroatoms. The average molecular weight is 344 g/mol. The summed E-state index contributed by atoms with van der Waals surface area (Å²) >= 11 is 0. The number of aryl methyl sites for hydroxylation is 1. The van der Waals surface area contributed by atoms with E-state index in [1.165, 1.54) is 6.33 Å². The van der Waals surface area contributed by atoms with Gasteiger partial charge in [0.15, 0.2) is 11.6 Å². The summed E-state index contributed by atoms with van der Waals surface area (Å²) in [7, 11) is 0. The third kappa shape index (κ3) is 3.68. The number of carbonyl (C=O) groups is 1. The number of amides is 1. The van der Waals surface area contributed by atoms with Gasteiger partial charge in [-0.3, -0.25) is 9.89 Å². The molecule has 0 spiro atoms. The molecule has 1 amide bonds. The lowest BCUT2D eigenvalue weighted by atomic mass is 9.96. The number of nitrogens with one attached hydrogen (secondary N) is 1. The molecule has 1 saturated heterocycles. The molecular weight excluding hydrogens is 320 g/mol. The van der Waals surface area contributed by atoms with Gasteiger partial charge in [-0.05, 0) is 6.42 Å². The van der Waals surface area contributed by atoms with Gasteiger partial charge in [-0.25, -0.2) is 15.0 Å². The van der Waals surface area contributed by atoms with Crippen molar-refractivity contribution in [3.05, 3.63) is 35.4 Å². The second-order valence-corrected chi connectivity index (χ2v) is 7.14. The summed E-state index contributed by atoms with van der Waals surface area (Å²) < 4.78 is 5.80. The van der Waals surface area contributed by atoms with Crippen molar-refractivity contribution in [2.75, 3.05) is 19.7 Å². The lowest BCUT2D eigenvalue weighted by Crippen LogP contribution is -2.43. The van der Waals surface area contributed by atoms with Gasteiger partial charge in [-0.2, -0.15) is 5.10 Å². The third-order valence-corrected chi connectivity index (χ3v) is 4.19. The maximum absolute atomic E-state index is 12.9. The average Bonchev–Trinajstić information content (AvgIpc) is 3.12. The van der Waals surface area contributed by atoms with E-state index in [1.807, 2.05) is 6.92 Å². The number of morpholine rings is 1. The topological polar surface area (TPSA) is 96.9 Å². The Morgan fingerprint density at radius 1 is 1.44 bits per heavy atom. The van der Waals surface area contributed by atoms with Gasteiger partial charge in [0.05, 0.1) is 24.4 Å². The number of H-pyrrole nitrogens is 1. The number of hydrogen-bond donors (Lipinski definition) is 1. The predicted molar refractivity (Wildman–Crippen MR) is 91.1 cm³/mol. The molecule has 3 rings (SSSR count). The summed E-state index contributed by atoms with van der Waals surface area (Å²) in [5.74, 6) is 1.32. The highest BCUT2D eigenvalue weighted by molar-refractivity contribution is 5.95. The molecule has 2 aromatic rings. The zero-order chi connectivity index (χ0) is 18.0. The Labute approximate surface area is 147 Å². The first-order valence-corrected chi connectivity index (χ1v) is 8.52. The minimum absolute atomic E-state index is 0.0682. The maximum atomic E-state index is 12.9. The highest BCUT2D eigenvalue weighted by Crippen LogP contribution is 2.24. The number of hydrogen-bond acceptors (Lipinski definition) is 6. The molecular formula is C17H24N6O2. The van der Waals surface area contributed by atoms with E-state index in [2.05, 4.69) is 45.9 Å². The van der Waals surface area contributed by atoms with Crippen LogP contribution >= 0.6 is 0 Å². The first kappa shape index (κ1) is 17.5. The van der Waals surface area contributed by atoms with Crippen LogP contribution in [0.15, 0.2) is 12.5 Å². The van der Waals surface area contributed by atoms with E-state index in [-0.39, 0.29) is 17.4 Å². The monoisotopic (exact) mass is 344 g/mol. The van der Waals surface area contributed by atoms with Crippen molar-refractivity contribution in [2.45, 2.75) is 45.6 Å². The minimum Gasteiger partial charge on any atom is -0.367 e. The quantitative estimate of drug-likeness (QED) is 0.910. The van der Waals surface area contributed by atoms with E-state index >= 15 is 0 Å². The zero-order valence-electron chi connectivity index (χ0n) is 15.1. The number of aromatic amines is 1. The molecule has 25 heavy (non-hydrogen) atoms. The standard InChI is InChI=1S/C17H24N6O2/c1-5-12-11(8-18-10-19-12)15(24)23-6-7-25-13(9-23)14-20-16(22-21-14)17(2,3)4/h8,10,13H,5-7,9H2,1-4H3,(H,20,21,22). The van der Waals surface area contributed by atoms with Crippen molar-refractivity contribution in [2.24, 2.45) is 0 Å². The summed E-state index contributed by atoms with van der Waals surface area (Å²) in [6.07, 6.45) is 3.44. The lowest BCUT2D eigenvalue weighted by Gasteiger charge is -2.32. The van der Waals surface area contributed by atoms with Crippen LogP contribution in [-0.4, -0.2) is 55.7 Å². The number of ether oxygens (including phenoxy) is 1. The van der Waals surface area contributed by atoms with E-state index in [4.69, 9.17) is 4.74 Å². The fraction of sp³-hybridized carbons (Fsp3) is 0.588. The number of carbonyl (C=O) groups excluding carboxylic acids is 1. The molecule has 3 heterocycles. The van der Waals surface area contributed by atoms with Crippen molar-refractivity contribution in [3.8, 4) is 0 Å². The maximum Gasteiger partial charge on any atom is 0.257 e. The van der Waals surface area contributed by atoms with Gasteiger partial charge < -0.3 is 9.64 Å². The number of aromatic nitrogens is 5. The highest BCUT2D eigenvalue weighted by atomic mass is 16.5. The van der Waals surface area contributed by atoms with Crippen molar-refractivity contribution in [1.82, 2.24) is 30.0 Å². The van der Waals surface area contributed by atoms with Crippen LogP contribution in [-0.2, 0) is 16.6 Å². The zero-order valence-corrected chi connectivity index (χ0v) is 15.1. The summed E-state index contributed by atoms with van der Waals surface area (Å²) in [4.78, 5) is 27.4. The molecule has 1 unspecified atom stereocenters. The van der Waals surface area contributed by atoms with Crippen molar-refractivity contribution in [3.63, 3.8) is 0 Å². The molecule has 1 aliphatic heterocycles. The molecule has 8 nitrogen and oxygen atoms in total. The van der Waals surface area contributed by atoms with E-state index in [0.717, 1.165) is 11.5 Å². The smallest absolute Gasteiger partial charge is 0.257 e. The lowest BCUT2D eigenvalue weighted by molar-refractivity contribution is -0.0267. The van der Waals surface area contributed by atoms with Crippen LogP contribution in [0.4, 0.5) is 0 Å². The van der Waals surface area contributed by atoms with Crippen molar-refractivity contribution in [1.29, 1.82) is 0 Å². The number of nitrogens with zero attached hydrogens (tertiary/aromatic N) is 5. The molecule has 2 aromatic heterocycles. The summed E-state index contributed by atoms with van der Waals surface area (Å²) in [5, 5.41) is 7.23. The molecule has 1 aliphatic rings. The fourth-order valence-electron chi connectivity index (χ4n) is 2.74. The van der Waals surface area contributed by atoms with Crippen LogP contribution in [0.2, 0.25) is 0 Å². The number of rotatable bonds is 3. The minimum atomic E-state index is -0.309. The highest BCUT2D eigenvalue weighted by Gasteiger charge is 2.30. The molecule has 1 atom stereocenters. The normalized spacial score (nSPS) is 18.4. The summed E-state index contributed by atoms with van der Waals surface area (Å²) in [6.45, 7) is 9.56. The van der Waals surface area contributed by atoms with E-state index in [9.17, 15) is 4.79 Å². The largest absolute Gasteiger partial charge is 0.367 e. The van der Waals surface area contributed by atoms with Gasteiger partial charge in [0.1, 0.15) is 12.4 Å². The van der Waals surface area contributed by atoms with Gasteiger partial charge in [-0.15, -0.1) is 0 Å². The van der Waals surface area contributed by atoms with E-state index in [0.29, 0.717) is 37.5 Å². The van der Waals surface area contributed by atoms with Gasteiger partial charge in [0.25, 0.3) is 5.91 Å². The Bertz CT molecular complexity index is 752. The van der Waals surface area contributed by atoms with Crippen molar-refractivity contribution < 1.29 is 9.53 Å². The van der Waals surface area contributed by atoms with Crippen LogP contribution in [0.3, 0.4) is 0 Å². The molecule has 1 N–H and O–H groups in total. The van der Waals surface area contributed by atoms with Gasteiger partial charge >= 0.3 is 0 Å². The van der Waals surface area contributed by atoms with Crippen LogP contribution in [0.5, 0.6) is 0 Å². The summed E-state index contributed by atoms with van der Waals surface area (Å²) in [6, 6.07) is 0. The predicted octanol–water partition coefficient (Wildman–Crippen LogP) is 1.67. The molecule has 1 fully saturated rings. The Kier molecular flexibility index (Phi) is 4.80. The molecule has 0 bridgehead atoms. The van der Waals surface area contributed by atoms with Gasteiger partial charge in [0.2, 0.25) is 0 Å². The first-order chi connectivity index (χ1) is 11.9.